The van der Waals surface area contributed by atoms with E-state index in [-0.39, 0.29) is 11.1 Å². The maximum atomic E-state index is 14.5. The maximum Gasteiger partial charge on any atom is 0.266 e. The minimum Gasteiger partial charge on any atom is -0.495 e. The molecule has 0 aliphatic carbocycles. The van der Waals surface area contributed by atoms with Crippen LogP contribution in [-0.4, -0.2) is 34.0 Å². The van der Waals surface area contributed by atoms with Crippen LogP contribution in [0.15, 0.2) is 71.5 Å². The second-order valence-corrected chi connectivity index (χ2v) is 8.46. The van der Waals surface area contributed by atoms with Gasteiger partial charge in [0.05, 0.1) is 35.3 Å². The van der Waals surface area contributed by atoms with Crippen LogP contribution in [0.25, 0.3) is 16.6 Å². The zero-order chi connectivity index (χ0) is 25.1. The standard InChI is InChI=1S/C28H28FN3O3/c1-5-16-31(27(33)20-10-6-8-12-22(20)29)19(3)26-30-23-13-9-7-11-21(23)28(34)32(26)24-17-18(2)14-15-25(24)35-4/h6-15,17,19H,5,16H2,1-4H3. The number of methoxy groups -OCH3 is 1. The summed E-state index contributed by atoms with van der Waals surface area (Å²) < 4.78 is 21.6. The van der Waals surface area contributed by atoms with Crippen LogP contribution in [0, 0.1) is 12.7 Å². The normalized spacial score (nSPS) is 11.9. The molecule has 4 rings (SSSR count). The summed E-state index contributed by atoms with van der Waals surface area (Å²) in [6.45, 7) is 6.04. The summed E-state index contributed by atoms with van der Waals surface area (Å²) >= 11 is 0. The highest BCUT2D eigenvalue weighted by Gasteiger charge is 2.29. The smallest absolute Gasteiger partial charge is 0.266 e. The Morgan fingerprint density at radius 1 is 1.11 bits per heavy atom. The van der Waals surface area contributed by atoms with Gasteiger partial charge in [-0.1, -0.05) is 37.3 Å². The average molecular weight is 474 g/mol. The molecule has 0 fully saturated rings. The van der Waals surface area contributed by atoms with Gasteiger partial charge in [-0.05, 0) is 62.2 Å². The Bertz CT molecular complexity index is 1450. The highest BCUT2D eigenvalue weighted by molar-refractivity contribution is 5.94. The van der Waals surface area contributed by atoms with E-state index in [1.807, 2.05) is 39.0 Å². The van der Waals surface area contributed by atoms with Crippen molar-refractivity contribution >= 4 is 16.8 Å². The van der Waals surface area contributed by atoms with Gasteiger partial charge in [0.1, 0.15) is 17.4 Å². The monoisotopic (exact) mass is 473 g/mol. The lowest BCUT2D eigenvalue weighted by Crippen LogP contribution is -2.38. The van der Waals surface area contributed by atoms with E-state index in [0.717, 1.165) is 5.56 Å². The zero-order valence-corrected chi connectivity index (χ0v) is 20.3. The van der Waals surface area contributed by atoms with Crippen LogP contribution in [0.4, 0.5) is 4.39 Å². The van der Waals surface area contributed by atoms with Crippen molar-refractivity contribution in [2.24, 2.45) is 0 Å². The van der Waals surface area contributed by atoms with E-state index in [2.05, 4.69) is 0 Å². The summed E-state index contributed by atoms with van der Waals surface area (Å²) in [5.41, 5.74) is 1.71. The van der Waals surface area contributed by atoms with Crippen molar-refractivity contribution in [2.75, 3.05) is 13.7 Å². The third kappa shape index (κ3) is 4.54. The van der Waals surface area contributed by atoms with E-state index < -0.39 is 17.8 Å². The molecule has 0 radical (unpaired) electrons. The maximum absolute atomic E-state index is 14.5. The molecule has 0 aliphatic rings. The predicted octanol–water partition coefficient (Wildman–Crippen LogP) is 5.46. The molecule has 0 saturated heterocycles. The summed E-state index contributed by atoms with van der Waals surface area (Å²) in [6, 6.07) is 17.9. The van der Waals surface area contributed by atoms with Crippen LogP contribution < -0.4 is 10.3 Å². The van der Waals surface area contributed by atoms with Crippen LogP contribution >= 0.6 is 0 Å². The number of rotatable bonds is 7. The number of carbonyl (C=O) groups excluding carboxylic acids is 1. The summed E-state index contributed by atoms with van der Waals surface area (Å²) in [5.74, 6) is -0.168. The van der Waals surface area contributed by atoms with E-state index in [0.29, 0.717) is 41.1 Å². The van der Waals surface area contributed by atoms with Crippen molar-refractivity contribution in [1.82, 2.24) is 14.5 Å². The second-order valence-electron chi connectivity index (χ2n) is 8.46. The fourth-order valence-corrected chi connectivity index (χ4v) is 4.28. The highest BCUT2D eigenvalue weighted by atomic mass is 19.1. The lowest BCUT2D eigenvalue weighted by molar-refractivity contribution is 0.0676. The quantitative estimate of drug-likeness (QED) is 0.358. The fraction of sp³-hybridized carbons (Fsp3) is 0.250. The van der Waals surface area contributed by atoms with Gasteiger partial charge in [-0.15, -0.1) is 0 Å². The van der Waals surface area contributed by atoms with E-state index >= 15 is 0 Å². The van der Waals surface area contributed by atoms with Crippen molar-refractivity contribution in [3.63, 3.8) is 0 Å². The number of ether oxygens (including phenoxy) is 1. The summed E-state index contributed by atoms with van der Waals surface area (Å²) in [5, 5.41) is 0.453. The second kappa shape index (κ2) is 10.1. The molecular formula is C28H28FN3O3. The Hall–Kier alpha value is -4.00. The first-order valence-electron chi connectivity index (χ1n) is 11.6. The Morgan fingerprint density at radius 3 is 2.54 bits per heavy atom. The van der Waals surface area contributed by atoms with Crippen LogP contribution in [0.2, 0.25) is 0 Å². The van der Waals surface area contributed by atoms with Gasteiger partial charge in [-0.25, -0.2) is 9.37 Å². The number of para-hydroxylation sites is 1. The first-order valence-corrected chi connectivity index (χ1v) is 11.6. The number of carbonyl (C=O) groups is 1. The van der Waals surface area contributed by atoms with Gasteiger partial charge in [0.15, 0.2) is 0 Å². The number of benzene rings is 3. The molecule has 0 spiro atoms. The zero-order valence-electron chi connectivity index (χ0n) is 20.3. The molecule has 1 amide bonds. The van der Waals surface area contributed by atoms with Crippen LogP contribution in [0.1, 0.15) is 48.1 Å². The number of amides is 1. The predicted molar refractivity (Wildman–Crippen MR) is 135 cm³/mol. The number of aromatic nitrogens is 2. The molecule has 0 aliphatic heterocycles. The molecule has 35 heavy (non-hydrogen) atoms. The molecule has 1 atom stereocenters. The molecule has 3 aromatic carbocycles. The molecule has 6 nitrogen and oxygen atoms in total. The van der Waals surface area contributed by atoms with Gasteiger partial charge < -0.3 is 9.64 Å². The molecule has 1 heterocycles. The van der Waals surface area contributed by atoms with Gasteiger partial charge in [-0.2, -0.15) is 0 Å². The summed E-state index contributed by atoms with van der Waals surface area (Å²) in [6.07, 6.45) is 0.649. The SMILES string of the molecule is CCCN(C(=O)c1ccccc1F)C(C)c1nc2ccccc2c(=O)n1-c1cc(C)ccc1OC. The minimum absolute atomic E-state index is 0.0179. The van der Waals surface area contributed by atoms with Crippen molar-refractivity contribution in [2.45, 2.75) is 33.2 Å². The molecule has 0 saturated carbocycles. The van der Waals surface area contributed by atoms with Gasteiger partial charge in [0.2, 0.25) is 0 Å². The van der Waals surface area contributed by atoms with Gasteiger partial charge in [0, 0.05) is 6.54 Å². The Labute approximate surface area is 203 Å². The Balaban J connectivity index is 1.98. The van der Waals surface area contributed by atoms with Gasteiger partial charge >= 0.3 is 0 Å². The van der Waals surface area contributed by atoms with E-state index in [1.54, 1.807) is 48.4 Å². The number of fused-ring (bicyclic) bond motifs is 1. The molecule has 1 unspecified atom stereocenters. The number of halogens is 1. The molecule has 1 aromatic heterocycles. The molecular weight excluding hydrogens is 445 g/mol. The number of hydrogen-bond acceptors (Lipinski definition) is 4. The third-order valence-corrected chi connectivity index (χ3v) is 6.05. The minimum atomic E-state index is -0.635. The molecule has 0 N–H and O–H groups in total. The van der Waals surface area contributed by atoms with Crippen LogP contribution in [-0.2, 0) is 0 Å². The third-order valence-electron chi connectivity index (χ3n) is 6.05. The topological polar surface area (TPSA) is 64.4 Å². The lowest BCUT2D eigenvalue weighted by atomic mass is 10.1. The summed E-state index contributed by atoms with van der Waals surface area (Å²) in [7, 11) is 1.54. The number of nitrogens with zero attached hydrogens (tertiary/aromatic N) is 3. The van der Waals surface area contributed by atoms with E-state index in [1.165, 1.54) is 16.7 Å². The first-order chi connectivity index (χ1) is 16.9. The number of aryl methyl sites for hydroxylation is 1. The van der Waals surface area contributed by atoms with Crippen LogP contribution in [0.3, 0.4) is 0 Å². The molecule has 180 valence electrons. The van der Waals surface area contributed by atoms with Crippen molar-refractivity contribution < 1.29 is 13.9 Å². The Kier molecular flexibility index (Phi) is 6.96. The fourth-order valence-electron chi connectivity index (χ4n) is 4.28. The van der Waals surface area contributed by atoms with Crippen LogP contribution in [0.5, 0.6) is 5.75 Å². The largest absolute Gasteiger partial charge is 0.495 e. The van der Waals surface area contributed by atoms with E-state index in [4.69, 9.17) is 9.72 Å². The number of hydrogen-bond donors (Lipinski definition) is 0. The highest BCUT2D eigenvalue weighted by Crippen LogP contribution is 2.29. The van der Waals surface area contributed by atoms with Crippen molar-refractivity contribution in [3.8, 4) is 11.4 Å². The van der Waals surface area contributed by atoms with Gasteiger partial charge in [-0.3, -0.25) is 14.2 Å². The summed E-state index contributed by atoms with van der Waals surface area (Å²) in [4.78, 5) is 33.7. The molecule has 0 bridgehead atoms. The van der Waals surface area contributed by atoms with E-state index in [9.17, 15) is 14.0 Å². The average Bonchev–Trinajstić information content (AvgIpc) is 2.86. The van der Waals surface area contributed by atoms with Crippen molar-refractivity contribution in [3.05, 3.63) is 99.9 Å². The lowest BCUT2D eigenvalue weighted by Gasteiger charge is -2.30. The van der Waals surface area contributed by atoms with Gasteiger partial charge in [0.25, 0.3) is 11.5 Å². The molecule has 4 aromatic rings. The van der Waals surface area contributed by atoms with Crippen molar-refractivity contribution in [1.29, 1.82) is 0 Å². The molecule has 7 heteroatoms. The first kappa shape index (κ1) is 24.1. The Morgan fingerprint density at radius 2 is 1.83 bits per heavy atom.